The quantitative estimate of drug-likeness (QED) is 0.716. The third-order valence-corrected chi connectivity index (χ3v) is 5.80. The van der Waals surface area contributed by atoms with Crippen molar-refractivity contribution in [1.29, 1.82) is 0 Å². The molecule has 3 rings (SSSR count). The van der Waals surface area contributed by atoms with Crippen molar-refractivity contribution in [2.75, 3.05) is 27.2 Å². The fourth-order valence-electron chi connectivity index (χ4n) is 3.95. The first-order valence-electron chi connectivity index (χ1n) is 10.9. The Kier molecular flexibility index (Phi) is 7.32. The summed E-state index contributed by atoms with van der Waals surface area (Å²) in [5, 5.41) is 3.12. The van der Waals surface area contributed by atoms with Crippen LogP contribution in [0.1, 0.15) is 37.9 Å². The molecular formula is C26H31F2N3O2. The Labute approximate surface area is 194 Å². The van der Waals surface area contributed by atoms with Crippen LogP contribution in [0.5, 0.6) is 0 Å². The van der Waals surface area contributed by atoms with Crippen molar-refractivity contribution < 1.29 is 18.4 Å². The smallest absolute Gasteiger partial charge is 0.241 e. The maximum Gasteiger partial charge on any atom is 0.241 e. The Balaban J connectivity index is 1.97. The van der Waals surface area contributed by atoms with E-state index in [0.717, 1.165) is 23.8 Å². The summed E-state index contributed by atoms with van der Waals surface area (Å²) in [6.45, 7) is 5.93. The lowest BCUT2D eigenvalue weighted by Gasteiger charge is -2.36. The normalized spacial score (nSPS) is 17.0. The number of benzene rings is 2. The summed E-state index contributed by atoms with van der Waals surface area (Å²) in [5.41, 5.74) is 1.08. The highest BCUT2D eigenvalue weighted by Crippen LogP contribution is 2.37. The number of nitrogens with one attached hydrogen (secondary N) is 1. The van der Waals surface area contributed by atoms with Crippen LogP contribution in [0.15, 0.2) is 54.6 Å². The number of likely N-dealkylation sites (N-methyl/N-ethyl adjacent to an activating group) is 1. The molecule has 2 amide bonds. The van der Waals surface area contributed by atoms with Crippen LogP contribution >= 0.6 is 0 Å². The number of amides is 2. The van der Waals surface area contributed by atoms with Crippen LogP contribution in [0.25, 0.3) is 5.57 Å². The molecular weight excluding hydrogens is 424 g/mol. The molecule has 0 radical (unpaired) electrons. The largest absolute Gasteiger partial charge is 0.348 e. The molecule has 1 aliphatic rings. The molecule has 1 heterocycles. The average Bonchev–Trinajstić information content (AvgIpc) is 3.20. The minimum Gasteiger partial charge on any atom is -0.348 e. The van der Waals surface area contributed by atoms with Crippen molar-refractivity contribution in [3.8, 4) is 0 Å². The Morgan fingerprint density at radius 2 is 1.79 bits per heavy atom. The molecule has 0 saturated carbocycles. The van der Waals surface area contributed by atoms with Gasteiger partial charge in [-0.05, 0) is 34.8 Å². The van der Waals surface area contributed by atoms with Gasteiger partial charge in [-0.15, -0.1) is 0 Å². The summed E-state index contributed by atoms with van der Waals surface area (Å²) < 4.78 is 28.4. The summed E-state index contributed by atoms with van der Waals surface area (Å²) in [6.07, 6.45) is 1.82. The van der Waals surface area contributed by atoms with Crippen LogP contribution in [0, 0.1) is 17.0 Å². The van der Waals surface area contributed by atoms with Crippen LogP contribution in [-0.2, 0) is 9.59 Å². The second kappa shape index (κ2) is 9.83. The zero-order chi connectivity index (χ0) is 24.3. The van der Waals surface area contributed by atoms with E-state index in [9.17, 15) is 18.4 Å². The van der Waals surface area contributed by atoms with Gasteiger partial charge in [0.15, 0.2) is 0 Å². The summed E-state index contributed by atoms with van der Waals surface area (Å²) in [4.78, 5) is 29.1. The molecule has 1 N–H and O–H groups in total. The number of halogens is 2. The number of carbonyl (C=O) groups excluding carboxylic acids is 2. The van der Waals surface area contributed by atoms with Gasteiger partial charge >= 0.3 is 0 Å². The highest BCUT2D eigenvalue weighted by atomic mass is 19.1. The zero-order valence-corrected chi connectivity index (χ0v) is 19.7. The molecule has 0 aliphatic carbocycles. The zero-order valence-electron chi connectivity index (χ0n) is 19.7. The van der Waals surface area contributed by atoms with E-state index in [1.807, 2.05) is 57.2 Å². The van der Waals surface area contributed by atoms with Crippen LogP contribution in [-0.4, -0.2) is 54.8 Å². The standard InChI is InChI=1S/C26H31F2N3O2/c1-26(2,3)24(29-15-23(32)30(4)5)25(33)31-16-18(20-14-19(27)11-12-21(20)28)13-22(31)17-9-7-6-8-10-17/h6-14,22,24,29H,15-16H2,1-5H3/t22-,24+/m0/s1. The third kappa shape index (κ3) is 5.66. The van der Waals surface area contributed by atoms with Gasteiger partial charge in [-0.2, -0.15) is 0 Å². The number of nitrogens with zero attached hydrogens (tertiary/aromatic N) is 2. The van der Waals surface area contributed by atoms with Crippen molar-refractivity contribution in [2.45, 2.75) is 32.9 Å². The van der Waals surface area contributed by atoms with Gasteiger partial charge in [0.05, 0.1) is 18.6 Å². The van der Waals surface area contributed by atoms with Crippen LogP contribution in [0.3, 0.4) is 0 Å². The van der Waals surface area contributed by atoms with Gasteiger partial charge in [0.1, 0.15) is 11.6 Å². The Morgan fingerprint density at radius 1 is 1.12 bits per heavy atom. The van der Waals surface area contributed by atoms with Gasteiger partial charge in [-0.25, -0.2) is 8.78 Å². The van der Waals surface area contributed by atoms with E-state index in [1.54, 1.807) is 19.0 Å². The monoisotopic (exact) mass is 455 g/mol. The van der Waals surface area contributed by atoms with Crippen LogP contribution < -0.4 is 5.32 Å². The SMILES string of the molecule is CN(C)C(=O)CN[C@H](C(=O)N1CC(c2cc(F)ccc2F)=C[C@H]1c1ccccc1)C(C)(C)C. The van der Waals surface area contributed by atoms with Gasteiger partial charge in [0.2, 0.25) is 11.8 Å². The fraction of sp³-hybridized carbons (Fsp3) is 0.385. The van der Waals surface area contributed by atoms with Crippen molar-refractivity contribution >= 4 is 17.4 Å². The van der Waals surface area contributed by atoms with E-state index >= 15 is 0 Å². The van der Waals surface area contributed by atoms with E-state index in [0.29, 0.717) is 5.57 Å². The molecule has 5 nitrogen and oxygen atoms in total. The van der Waals surface area contributed by atoms with Crippen LogP contribution in [0.4, 0.5) is 8.78 Å². The van der Waals surface area contributed by atoms with Crippen molar-refractivity contribution in [3.63, 3.8) is 0 Å². The lowest BCUT2D eigenvalue weighted by molar-refractivity contribution is -0.137. The Morgan fingerprint density at radius 3 is 2.39 bits per heavy atom. The Hall–Kier alpha value is -3.06. The lowest BCUT2D eigenvalue weighted by Crippen LogP contribution is -2.54. The summed E-state index contributed by atoms with van der Waals surface area (Å²) >= 11 is 0. The number of rotatable bonds is 6. The molecule has 2 aromatic rings. The fourth-order valence-corrected chi connectivity index (χ4v) is 3.95. The Bertz CT molecular complexity index is 1050. The van der Waals surface area contributed by atoms with Crippen molar-refractivity contribution in [3.05, 3.63) is 77.4 Å². The molecule has 0 saturated heterocycles. The van der Waals surface area contributed by atoms with E-state index in [1.165, 1.54) is 4.90 Å². The van der Waals surface area contributed by atoms with E-state index < -0.39 is 29.1 Å². The summed E-state index contributed by atoms with van der Waals surface area (Å²) in [7, 11) is 3.32. The third-order valence-electron chi connectivity index (χ3n) is 5.80. The van der Waals surface area contributed by atoms with Gasteiger partial charge in [0, 0.05) is 26.2 Å². The predicted molar refractivity (Wildman–Crippen MR) is 125 cm³/mol. The molecule has 0 spiro atoms. The molecule has 0 bridgehead atoms. The maximum atomic E-state index is 14.5. The minimum atomic E-state index is -0.655. The number of hydrogen-bond donors (Lipinski definition) is 1. The molecule has 7 heteroatoms. The first-order valence-corrected chi connectivity index (χ1v) is 10.9. The first kappa shape index (κ1) is 24.6. The molecule has 33 heavy (non-hydrogen) atoms. The second-order valence-corrected chi connectivity index (χ2v) is 9.61. The van der Waals surface area contributed by atoms with Gasteiger partial charge in [-0.1, -0.05) is 57.2 Å². The lowest BCUT2D eigenvalue weighted by atomic mass is 9.85. The first-order chi connectivity index (χ1) is 15.5. The van der Waals surface area contributed by atoms with Crippen LogP contribution in [0.2, 0.25) is 0 Å². The van der Waals surface area contributed by atoms with E-state index in [4.69, 9.17) is 0 Å². The van der Waals surface area contributed by atoms with Crippen molar-refractivity contribution in [1.82, 2.24) is 15.1 Å². The summed E-state index contributed by atoms with van der Waals surface area (Å²) in [6, 6.07) is 11.7. The van der Waals surface area contributed by atoms with Crippen molar-refractivity contribution in [2.24, 2.45) is 5.41 Å². The highest BCUT2D eigenvalue weighted by molar-refractivity contribution is 5.88. The maximum absolute atomic E-state index is 14.5. The summed E-state index contributed by atoms with van der Waals surface area (Å²) in [5.74, 6) is -1.42. The van der Waals surface area contributed by atoms with Gasteiger partial charge in [-0.3, -0.25) is 14.9 Å². The molecule has 2 aromatic carbocycles. The molecule has 1 aliphatic heterocycles. The molecule has 0 fully saturated rings. The second-order valence-electron chi connectivity index (χ2n) is 9.61. The van der Waals surface area contributed by atoms with E-state index in [-0.39, 0.29) is 30.5 Å². The van der Waals surface area contributed by atoms with E-state index in [2.05, 4.69) is 5.32 Å². The van der Waals surface area contributed by atoms with Gasteiger partial charge < -0.3 is 9.80 Å². The molecule has 0 aromatic heterocycles. The average molecular weight is 456 g/mol. The minimum absolute atomic E-state index is 0.0172. The predicted octanol–water partition coefficient (Wildman–Crippen LogP) is 4.02. The number of hydrogen-bond acceptors (Lipinski definition) is 3. The topological polar surface area (TPSA) is 52.7 Å². The molecule has 2 atom stereocenters. The molecule has 0 unspecified atom stereocenters. The highest BCUT2D eigenvalue weighted by Gasteiger charge is 2.40. The number of carbonyl (C=O) groups is 2. The molecule has 176 valence electrons. The van der Waals surface area contributed by atoms with Gasteiger partial charge in [0.25, 0.3) is 0 Å².